The second-order valence-corrected chi connectivity index (χ2v) is 8.43. The lowest BCUT2D eigenvalue weighted by Crippen LogP contribution is -2.47. The second-order valence-electron chi connectivity index (χ2n) is 8.43. The fourth-order valence-corrected chi connectivity index (χ4v) is 4.08. The van der Waals surface area contributed by atoms with E-state index < -0.39 is 0 Å². The Balaban J connectivity index is 1.72. The van der Waals surface area contributed by atoms with Crippen molar-refractivity contribution in [2.45, 2.75) is 26.8 Å². The summed E-state index contributed by atoms with van der Waals surface area (Å²) in [7, 11) is 3.21. The normalized spacial score (nSPS) is 14.8. The number of hydrogen-bond donors (Lipinski definition) is 0. The zero-order valence-electron chi connectivity index (χ0n) is 18.2. The van der Waals surface area contributed by atoms with E-state index in [0.717, 1.165) is 38.5 Å². The molecule has 1 fully saturated rings. The smallest absolute Gasteiger partial charge is 0.332 e. The van der Waals surface area contributed by atoms with Crippen LogP contribution in [0.15, 0.2) is 39.9 Å². The molecular weight excluding hydrogens is 380 g/mol. The first kappa shape index (κ1) is 20.3. The first-order valence-corrected chi connectivity index (χ1v) is 10.6. The van der Waals surface area contributed by atoms with Crippen molar-refractivity contribution in [3.8, 4) is 0 Å². The quantitative estimate of drug-likeness (QED) is 0.642. The minimum atomic E-state index is -0.346. The first-order chi connectivity index (χ1) is 14.4. The summed E-state index contributed by atoms with van der Waals surface area (Å²) in [5, 5.41) is 0. The zero-order chi connectivity index (χ0) is 21.4. The molecule has 0 saturated carbocycles. The van der Waals surface area contributed by atoms with Crippen LogP contribution < -0.4 is 21.0 Å². The van der Waals surface area contributed by atoms with Crippen LogP contribution in [0.5, 0.6) is 0 Å². The van der Waals surface area contributed by atoms with Crippen molar-refractivity contribution in [2.75, 3.05) is 36.0 Å². The molecular formula is C22H30N6O2. The molecule has 0 aliphatic carbocycles. The first-order valence-electron chi connectivity index (χ1n) is 10.6. The number of para-hydroxylation sites is 1. The third-order valence-corrected chi connectivity index (χ3v) is 5.94. The van der Waals surface area contributed by atoms with Gasteiger partial charge in [-0.15, -0.1) is 0 Å². The SMILES string of the molecule is CC(C)CCn1c(N2CCN(c3ccccc3)CC2)nc2c1c(=O)n(C)c(=O)n2C. The fraction of sp³-hybridized carbons (Fsp3) is 0.500. The van der Waals surface area contributed by atoms with Crippen LogP contribution in [0, 0.1) is 5.92 Å². The van der Waals surface area contributed by atoms with Gasteiger partial charge in [-0.2, -0.15) is 4.98 Å². The maximum atomic E-state index is 13.0. The molecule has 1 aromatic carbocycles. The van der Waals surface area contributed by atoms with Gasteiger partial charge in [0, 0.05) is 52.5 Å². The van der Waals surface area contributed by atoms with E-state index in [2.05, 4.69) is 47.9 Å². The molecule has 30 heavy (non-hydrogen) atoms. The maximum Gasteiger partial charge on any atom is 0.332 e. The number of aryl methyl sites for hydroxylation is 2. The Morgan fingerprint density at radius 2 is 1.57 bits per heavy atom. The number of piperazine rings is 1. The molecule has 2 aromatic heterocycles. The summed E-state index contributed by atoms with van der Waals surface area (Å²) in [6, 6.07) is 10.4. The van der Waals surface area contributed by atoms with Crippen LogP contribution in [0.25, 0.3) is 11.2 Å². The van der Waals surface area contributed by atoms with Crippen molar-refractivity contribution in [1.82, 2.24) is 18.7 Å². The molecule has 1 aliphatic rings. The summed E-state index contributed by atoms with van der Waals surface area (Å²) >= 11 is 0. The number of anilines is 2. The van der Waals surface area contributed by atoms with Gasteiger partial charge in [0.15, 0.2) is 11.2 Å². The number of rotatable bonds is 5. The summed E-state index contributed by atoms with van der Waals surface area (Å²) in [5.41, 5.74) is 1.58. The minimum Gasteiger partial charge on any atom is -0.368 e. The monoisotopic (exact) mass is 410 g/mol. The van der Waals surface area contributed by atoms with Crippen LogP contribution in [0.4, 0.5) is 11.6 Å². The van der Waals surface area contributed by atoms with Gasteiger partial charge in [0.25, 0.3) is 5.56 Å². The number of fused-ring (bicyclic) bond motifs is 1. The summed E-state index contributed by atoms with van der Waals surface area (Å²) in [4.78, 5) is 34.8. The molecule has 0 bridgehead atoms. The molecule has 3 heterocycles. The molecule has 4 rings (SSSR count). The third-order valence-electron chi connectivity index (χ3n) is 5.94. The van der Waals surface area contributed by atoms with Crippen molar-refractivity contribution >= 4 is 22.8 Å². The van der Waals surface area contributed by atoms with E-state index in [1.165, 1.54) is 21.9 Å². The second kappa shape index (κ2) is 8.01. The fourth-order valence-electron chi connectivity index (χ4n) is 4.08. The molecule has 1 saturated heterocycles. The maximum absolute atomic E-state index is 13.0. The lowest BCUT2D eigenvalue weighted by Gasteiger charge is -2.36. The number of imidazole rings is 1. The van der Waals surface area contributed by atoms with E-state index in [1.54, 1.807) is 7.05 Å². The lowest BCUT2D eigenvalue weighted by atomic mass is 10.1. The molecule has 0 unspecified atom stereocenters. The van der Waals surface area contributed by atoms with Gasteiger partial charge in [-0.05, 0) is 24.5 Å². The van der Waals surface area contributed by atoms with Crippen molar-refractivity contribution in [1.29, 1.82) is 0 Å². The van der Waals surface area contributed by atoms with Gasteiger partial charge >= 0.3 is 5.69 Å². The number of aromatic nitrogens is 4. The molecule has 0 N–H and O–H groups in total. The molecule has 0 atom stereocenters. The van der Waals surface area contributed by atoms with Crippen LogP contribution in [0.3, 0.4) is 0 Å². The Kier molecular flexibility index (Phi) is 5.40. The highest BCUT2D eigenvalue weighted by Gasteiger charge is 2.25. The van der Waals surface area contributed by atoms with Gasteiger partial charge in [0.1, 0.15) is 0 Å². The highest BCUT2D eigenvalue weighted by atomic mass is 16.2. The lowest BCUT2D eigenvalue weighted by molar-refractivity contribution is 0.515. The van der Waals surface area contributed by atoms with E-state index in [4.69, 9.17) is 4.98 Å². The Morgan fingerprint density at radius 1 is 0.933 bits per heavy atom. The highest BCUT2D eigenvalue weighted by Crippen LogP contribution is 2.24. The van der Waals surface area contributed by atoms with Crippen LogP contribution in [-0.4, -0.2) is 44.9 Å². The summed E-state index contributed by atoms with van der Waals surface area (Å²) < 4.78 is 4.68. The molecule has 160 valence electrons. The largest absolute Gasteiger partial charge is 0.368 e. The predicted octanol–water partition coefficient (Wildman–Crippen LogP) is 1.81. The molecule has 3 aromatic rings. The van der Waals surface area contributed by atoms with Crippen molar-refractivity contribution in [3.05, 3.63) is 51.2 Å². The highest BCUT2D eigenvalue weighted by molar-refractivity contribution is 5.74. The average molecular weight is 411 g/mol. The van der Waals surface area contributed by atoms with Gasteiger partial charge < -0.3 is 14.4 Å². The van der Waals surface area contributed by atoms with Gasteiger partial charge in [0.05, 0.1) is 0 Å². The Bertz CT molecular complexity index is 1150. The Labute approximate surface area is 176 Å². The summed E-state index contributed by atoms with van der Waals surface area (Å²) in [5.74, 6) is 1.29. The summed E-state index contributed by atoms with van der Waals surface area (Å²) in [6.07, 6.45) is 0.939. The van der Waals surface area contributed by atoms with Crippen LogP contribution in [0.2, 0.25) is 0 Å². The van der Waals surface area contributed by atoms with E-state index in [9.17, 15) is 9.59 Å². The predicted molar refractivity (Wildman–Crippen MR) is 121 cm³/mol. The van der Waals surface area contributed by atoms with Crippen LogP contribution in [0.1, 0.15) is 20.3 Å². The van der Waals surface area contributed by atoms with Gasteiger partial charge in [-0.3, -0.25) is 13.9 Å². The third kappa shape index (κ3) is 3.51. The number of hydrogen-bond acceptors (Lipinski definition) is 5. The van der Waals surface area contributed by atoms with E-state index in [0.29, 0.717) is 23.6 Å². The van der Waals surface area contributed by atoms with Crippen molar-refractivity contribution < 1.29 is 0 Å². The van der Waals surface area contributed by atoms with Crippen molar-refractivity contribution in [3.63, 3.8) is 0 Å². The topological polar surface area (TPSA) is 68.3 Å². The van der Waals surface area contributed by atoms with E-state index in [-0.39, 0.29) is 11.2 Å². The molecule has 0 spiro atoms. The number of benzene rings is 1. The molecule has 8 nitrogen and oxygen atoms in total. The van der Waals surface area contributed by atoms with Crippen LogP contribution in [-0.2, 0) is 20.6 Å². The Morgan fingerprint density at radius 3 is 2.20 bits per heavy atom. The van der Waals surface area contributed by atoms with Gasteiger partial charge in [0.2, 0.25) is 5.95 Å². The van der Waals surface area contributed by atoms with E-state index in [1.807, 2.05) is 10.6 Å². The van der Waals surface area contributed by atoms with Gasteiger partial charge in [-0.25, -0.2) is 4.79 Å². The number of nitrogens with zero attached hydrogens (tertiary/aromatic N) is 6. The molecule has 0 amide bonds. The zero-order valence-corrected chi connectivity index (χ0v) is 18.2. The molecule has 0 radical (unpaired) electrons. The average Bonchev–Trinajstić information content (AvgIpc) is 3.15. The summed E-state index contributed by atoms with van der Waals surface area (Å²) in [6.45, 7) is 8.44. The van der Waals surface area contributed by atoms with Crippen LogP contribution >= 0.6 is 0 Å². The molecule has 8 heteroatoms. The van der Waals surface area contributed by atoms with E-state index >= 15 is 0 Å². The molecule has 1 aliphatic heterocycles. The van der Waals surface area contributed by atoms with Gasteiger partial charge in [-0.1, -0.05) is 32.0 Å². The van der Waals surface area contributed by atoms with Crippen molar-refractivity contribution in [2.24, 2.45) is 20.0 Å². The standard InChI is InChI=1S/C22H30N6O2/c1-16(2)10-11-28-18-19(24(3)22(30)25(4)20(18)29)23-21(28)27-14-12-26(13-15-27)17-8-6-5-7-9-17/h5-9,16H,10-15H2,1-4H3. The Hall–Kier alpha value is -3.03. The minimum absolute atomic E-state index is 0.279.